The third-order valence-corrected chi connectivity index (χ3v) is 5.24. The number of piperazine rings is 1. The lowest BCUT2D eigenvalue weighted by atomic mass is 10.2. The van der Waals surface area contributed by atoms with E-state index in [9.17, 15) is 17.6 Å². The summed E-state index contributed by atoms with van der Waals surface area (Å²) in [6.07, 6.45) is 0.757. The normalized spacial score (nSPS) is 21.7. The Morgan fingerprint density at radius 2 is 1.82 bits per heavy atom. The molecule has 1 aromatic heterocycles. The average molecular weight is 337 g/mol. The molecule has 1 aliphatic carbocycles. The Morgan fingerprint density at radius 3 is 2.41 bits per heavy atom. The van der Waals surface area contributed by atoms with Crippen LogP contribution in [0.25, 0.3) is 0 Å². The number of hydrogen-bond acceptors (Lipinski definition) is 4. The van der Waals surface area contributed by atoms with Gasteiger partial charge in [-0.05, 0) is 12.8 Å². The summed E-state index contributed by atoms with van der Waals surface area (Å²) in [6, 6.07) is 0. The Balaban J connectivity index is 1.45. The molecule has 1 aliphatic heterocycles. The van der Waals surface area contributed by atoms with Crippen LogP contribution in [0, 0.1) is 0 Å². The van der Waals surface area contributed by atoms with E-state index >= 15 is 0 Å². The van der Waals surface area contributed by atoms with E-state index in [-0.39, 0.29) is 0 Å². The fourth-order valence-corrected chi connectivity index (χ4v) is 3.74. The van der Waals surface area contributed by atoms with Crippen LogP contribution in [0.15, 0.2) is 6.20 Å². The van der Waals surface area contributed by atoms with Crippen LogP contribution in [0.1, 0.15) is 28.6 Å². The summed E-state index contributed by atoms with van der Waals surface area (Å²) in [5, 5.41) is 1.20. The van der Waals surface area contributed by atoms with E-state index in [0.717, 1.165) is 6.54 Å². The number of thiazole rings is 1. The van der Waals surface area contributed by atoms with Gasteiger partial charge >= 0.3 is 12.3 Å². The lowest BCUT2D eigenvalue weighted by Gasteiger charge is -2.35. The second kappa shape index (κ2) is 6.41. The molecule has 8 heteroatoms. The molecule has 0 spiro atoms. The molecule has 0 atom stereocenters. The molecule has 124 valence electrons. The van der Waals surface area contributed by atoms with Crippen molar-refractivity contribution in [3.05, 3.63) is 16.1 Å². The third kappa shape index (κ3) is 3.97. The third-order valence-electron chi connectivity index (χ3n) is 4.10. The standard InChI is InChI=1S/C14H19F4N3S/c15-13(16)14(17,18)9-21-5-3-20(4-6-21)8-11-7-19-12(22-11)10-1-2-10/h7,10,13H,1-6,8-9H2. The maximum atomic E-state index is 13.0. The Hall–Kier alpha value is -0.730. The van der Waals surface area contributed by atoms with E-state index in [1.807, 2.05) is 6.20 Å². The van der Waals surface area contributed by atoms with Crippen molar-refractivity contribution in [2.45, 2.75) is 37.7 Å². The first-order valence-corrected chi connectivity index (χ1v) is 8.31. The van der Waals surface area contributed by atoms with E-state index < -0.39 is 18.9 Å². The highest BCUT2D eigenvalue weighted by Crippen LogP contribution is 2.41. The summed E-state index contributed by atoms with van der Waals surface area (Å²) in [6.45, 7) is 1.95. The monoisotopic (exact) mass is 337 g/mol. The number of alkyl halides is 4. The van der Waals surface area contributed by atoms with Crippen LogP contribution in [-0.4, -0.2) is 59.9 Å². The number of halogens is 4. The second-order valence-electron chi connectivity index (χ2n) is 6.05. The molecule has 1 saturated carbocycles. The van der Waals surface area contributed by atoms with Crippen molar-refractivity contribution in [1.82, 2.24) is 14.8 Å². The molecule has 3 nitrogen and oxygen atoms in total. The molecule has 22 heavy (non-hydrogen) atoms. The van der Waals surface area contributed by atoms with Crippen molar-refractivity contribution in [3.8, 4) is 0 Å². The van der Waals surface area contributed by atoms with Gasteiger partial charge in [-0.3, -0.25) is 9.80 Å². The summed E-state index contributed by atoms with van der Waals surface area (Å²) in [4.78, 5) is 9.20. The molecule has 0 unspecified atom stereocenters. The largest absolute Gasteiger partial charge is 0.319 e. The quantitative estimate of drug-likeness (QED) is 0.744. The zero-order valence-corrected chi connectivity index (χ0v) is 13.0. The van der Waals surface area contributed by atoms with E-state index in [0.29, 0.717) is 32.1 Å². The Morgan fingerprint density at radius 1 is 1.18 bits per heavy atom. The predicted octanol–water partition coefficient (Wildman–Crippen LogP) is 3.04. The van der Waals surface area contributed by atoms with Gasteiger partial charge in [0.05, 0.1) is 11.6 Å². The molecule has 2 heterocycles. The SMILES string of the molecule is FC(F)C(F)(F)CN1CCN(Cc2cnc(C3CC3)s2)CC1. The number of aromatic nitrogens is 1. The lowest BCUT2D eigenvalue weighted by Crippen LogP contribution is -2.51. The maximum absolute atomic E-state index is 13.0. The van der Waals surface area contributed by atoms with Crippen LogP contribution in [0.3, 0.4) is 0 Å². The highest BCUT2D eigenvalue weighted by atomic mass is 32.1. The first-order valence-electron chi connectivity index (χ1n) is 7.49. The molecule has 0 bridgehead atoms. The number of rotatable bonds is 6. The molecule has 0 aromatic carbocycles. The molecular weight excluding hydrogens is 318 g/mol. The molecular formula is C14H19F4N3S. The van der Waals surface area contributed by atoms with E-state index in [4.69, 9.17) is 0 Å². The molecule has 3 rings (SSSR count). The van der Waals surface area contributed by atoms with E-state index in [1.54, 1.807) is 11.3 Å². The Bertz CT molecular complexity index is 496. The van der Waals surface area contributed by atoms with E-state index in [2.05, 4.69) is 9.88 Å². The van der Waals surface area contributed by atoms with Crippen molar-refractivity contribution in [3.63, 3.8) is 0 Å². The van der Waals surface area contributed by atoms with Gasteiger partial charge in [0.2, 0.25) is 0 Å². The highest BCUT2D eigenvalue weighted by Gasteiger charge is 2.42. The van der Waals surface area contributed by atoms with Gasteiger partial charge in [-0.15, -0.1) is 11.3 Å². The average Bonchev–Trinajstić information content (AvgIpc) is 3.21. The topological polar surface area (TPSA) is 19.4 Å². The second-order valence-corrected chi connectivity index (χ2v) is 7.20. The van der Waals surface area contributed by atoms with Gasteiger partial charge in [-0.2, -0.15) is 8.78 Å². The summed E-state index contributed by atoms with van der Waals surface area (Å²) >= 11 is 1.73. The minimum absolute atomic E-state index is 0.399. The minimum atomic E-state index is -3.92. The summed E-state index contributed by atoms with van der Waals surface area (Å²) in [5.41, 5.74) is 0. The summed E-state index contributed by atoms with van der Waals surface area (Å²) < 4.78 is 50.5. The van der Waals surface area contributed by atoms with Crippen LogP contribution in [0.4, 0.5) is 17.6 Å². The molecule has 0 N–H and O–H groups in total. The van der Waals surface area contributed by atoms with Crippen molar-refractivity contribution in [1.29, 1.82) is 0 Å². The van der Waals surface area contributed by atoms with Gasteiger partial charge in [-0.25, -0.2) is 13.8 Å². The van der Waals surface area contributed by atoms with E-state index in [1.165, 1.54) is 27.6 Å². The van der Waals surface area contributed by atoms with Crippen LogP contribution in [0.2, 0.25) is 0 Å². The summed E-state index contributed by atoms with van der Waals surface area (Å²) in [7, 11) is 0. The van der Waals surface area contributed by atoms with Crippen molar-refractivity contribution in [2.75, 3.05) is 32.7 Å². The lowest BCUT2D eigenvalue weighted by molar-refractivity contribution is -0.145. The zero-order chi connectivity index (χ0) is 15.7. The molecule has 0 amide bonds. The highest BCUT2D eigenvalue weighted by molar-refractivity contribution is 7.11. The number of hydrogen-bond donors (Lipinski definition) is 0. The van der Waals surface area contributed by atoms with Crippen molar-refractivity contribution >= 4 is 11.3 Å². The van der Waals surface area contributed by atoms with Crippen LogP contribution in [0.5, 0.6) is 0 Å². The van der Waals surface area contributed by atoms with Crippen LogP contribution >= 0.6 is 11.3 Å². The van der Waals surface area contributed by atoms with Crippen molar-refractivity contribution in [2.24, 2.45) is 0 Å². The van der Waals surface area contributed by atoms with Crippen LogP contribution in [-0.2, 0) is 6.54 Å². The van der Waals surface area contributed by atoms with Crippen molar-refractivity contribution < 1.29 is 17.6 Å². The predicted molar refractivity (Wildman–Crippen MR) is 76.8 cm³/mol. The molecule has 2 fully saturated rings. The Labute approximate surface area is 130 Å². The zero-order valence-electron chi connectivity index (χ0n) is 12.2. The summed E-state index contributed by atoms with van der Waals surface area (Å²) in [5.74, 6) is -3.27. The fourth-order valence-electron chi connectivity index (χ4n) is 2.61. The number of nitrogens with zero attached hydrogens (tertiary/aromatic N) is 3. The first-order chi connectivity index (χ1) is 10.4. The Kier molecular flexibility index (Phi) is 4.70. The molecule has 0 radical (unpaired) electrons. The first kappa shape index (κ1) is 16.1. The van der Waals surface area contributed by atoms with Gasteiger partial charge in [0.15, 0.2) is 0 Å². The molecule has 2 aliphatic rings. The maximum Gasteiger partial charge on any atom is 0.319 e. The minimum Gasteiger partial charge on any atom is -0.296 e. The molecule has 1 aromatic rings. The van der Waals surface area contributed by atoms with Gasteiger partial charge in [0.25, 0.3) is 0 Å². The van der Waals surface area contributed by atoms with Gasteiger partial charge in [0, 0.05) is 49.7 Å². The molecule has 1 saturated heterocycles. The van der Waals surface area contributed by atoms with Crippen LogP contribution < -0.4 is 0 Å². The van der Waals surface area contributed by atoms with Gasteiger partial charge in [-0.1, -0.05) is 0 Å². The van der Waals surface area contributed by atoms with Gasteiger partial charge in [0.1, 0.15) is 0 Å². The smallest absolute Gasteiger partial charge is 0.296 e. The fraction of sp³-hybridized carbons (Fsp3) is 0.786. The van der Waals surface area contributed by atoms with Gasteiger partial charge < -0.3 is 0 Å².